The molecule has 2 aromatic carbocycles. The van der Waals surface area contributed by atoms with Gasteiger partial charge in [-0.2, -0.15) is 0 Å². The van der Waals surface area contributed by atoms with Gasteiger partial charge in [-0.15, -0.1) is 0 Å². The lowest BCUT2D eigenvalue weighted by molar-refractivity contribution is -0.120. The highest BCUT2D eigenvalue weighted by molar-refractivity contribution is 5.79. The average Bonchev–Trinajstić information content (AvgIpc) is 3.14. The predicted octanol–water partition coefficient (Wildman–Crippen LogP) is 2.80. The maximum absolute atomic E-state index is 12.2. The number of rotatable bonds is 7. The molecule has 0 aliphatic carbocycles. The first-order valence-electron chi connectivity index (χ1n) is 8.17. The second kappa shape index (κ2) is 8.15. The summed E-state index contributed by atoms with van der Waals surface area (Å²) < 4.78 is 7.30. The van der Waals surface area contributed by atoms with Crippen LogP contribution < -0.4 is 10.1 Å². The lowest BCUT2D eigenvalue weighted by Crippen LogP contribution is -2.24. The molecule has 1 amide bonds. The Morgan fingerprint density at radius 3 is 2.80 bits per heavy atom. The van der Waals surface area contributed by atoms with Gasteiger partial charge in [0.05, 0.1) is 19.9 Å². The zero-order valence-corrected chi connectivity index (χ0v) is 14.2. The number of methoxy groups -OCH3 is 1. The SMILES string of the molecule is COc1ccccc1CC(=O)NCc1cccc(Cn2ccnc2)c1. The van der Waals surface area contributed by atoms with Gasteiger partial charge in [0.1, 0.15) is 5.75 Å². The summed E-state index contributed by atoms with van der Waals surface area (Å²) in [4.78, 5) is 16.3. The van der Waals surface area contributed by atoms with Crippen LogP contribution in [-0.2, 0) is 24.3 Å². The number of hydrogen-bond donors (Lipinski definition) is 1. The van der Waals surface area contributed by atoms with Crippen LogP contribution >= 0.6 is 0 Å². The summed E-state index contributed by atoms with van der Waals surface area (Å²) in [5.74, 6) is 0.712. The first-order chi connectivity index (χ1) is 12.2. The van der Waals surface area contributed by atoms with Crippen LogP contribution in [0.1, 0.15) is 16.7 Å². The number of carbonyl (C=O) groups excluding carboxylic acids is 1. The van der Waals surface area contributed by atoms with E-state index in [-0.39, 0.29) is 5.91 Å². The zero-order chi connectivity index (χ0) is 17.5. The van der Waals surface area contributed by atoms with Gasteiger partial charge in [0, 0.05) is 31.0 Å². The highest BCUT2D eigenvalue weighted by Crippen LogP contribution is 2.17. The molecule has 128 valence electrons. The van der Waals surface area contributed by atoms with Crippen molar-refractivity contribution in [3.8, 4) is 5.75 Å². The van der Waals surface area contributed by atoms with Crippen LogP contribution in [0.25, 0.3) is 0 Å². The molecule has 0 unspecified atom stereocenters. The quantitative estimate of drug-likeness (QED) is 0.722. The Balaban J connectivity index is 1.57. The number of carbonyl (C=O) groups is 1. The van der Waals surface area contributed by atoms with E-state index in [4.69, 9.17) is 4.74 Å². The zero-order valence-electron chi connectivity index (χ0n) is 14.2. The third-order valence-electron chi connectivity index (χ3n) is 3.95. The molecule has 1 heterocycles. The van der Waals surface area contributed by atoms with Crippen molar-refractivity contribution in [1.29, 1.82) is 0 Å². The maximum atomic E-state index is 12.2. The highest BCUT2D eigenvalue weighted by atomic mass is 16.5. The number of nitrogens with zero attached hydrogens (tertiary/aromatic N) is 2. The minimum Gasteiger partial charge on any atom is -0.496 e. The van der Waals surface area contributed by atoms with Gasteiger partial charge < -0.3 is 14.6 Å². The van der Waals surface area contributed by atoms with Gasteiger partial charge in [-0.25, -0.2) is 4.98 Å². The van der Waals surface area contributed by atoms with Gasteiger partial charge in [-0.1, -0.05) is 42.5 Å². The number of hydrogen-bond acceptors (Lipinski definition) is 3. The van der Waals surface area contributed by atoms with Crippen LogP contribution in [-0.4, -0.2) is 22.6 Å². The fraction of sp³-hybridized carbons (Fsp3) is 0.200. The number of para-hydroxylation sites is 1. The Kier molecular flexibility index (Phi) is 5.46. The molecule has 0 saturated carbocycles. The Bertz CT molecular complexity index is 828. The second-order valence-electron chi connectivity index (χ2n) is 5.82. The Labute approximate surface area is 147 Å². The Morgan fingerprint density at radius 1 is 1.16 bits per heavy atom. The van der Waals surface area contributed by atoms with Crippen LogP contribution in [0.2, 0.25) is 0 Å². The van der Waals surface area contributed by atoms with Gasteiger partial charge in [0.2, 0.25) is 5.91 Å². The molecule has 0 saturated heterocycles. The molecule has 0 aliphatic heterocycles. The summed E-state index contributed by atoms with van der Waals surface area (Å²) in [6, 6.07) is 15.8. The molecule has 3 rings (SSSR count). The van der Waals surface area contributed by atoms with Crippen LogP contribution in [0.5, 0.6) is 5.75 Å². The maximum Gasteiger partial charge on any atom is 0.224 e. The van der Waals surface area contributed by atoms with E-state index in [1.807, 2.05) is 47.2 Å². The average molecular weight is 335 g/mol. The van der Waals surface area contributed by atoms with Crippen molar-refractivity contribution in [1.82, 2.24) is 14.9 Å². The van der Waals surface area contributed by atoms with Crippen molar-refractivity contribution in [3.05, 3.63) is 83.9 Å². The highest BCUT2D eigenvalue weighted by Gasteiger charge is 2.08. The molecule has 5 heteroatoms. The van der Waals surface area contributed by atoms with Crippen LogP contribution in [0, 0.1) is 0 Å². The van der Waals surface area contributed by atoms with E-state index in [9.17, 15) is 4.79 Å². The summed E-state index contributed by atoms with van der Waals surface area (Å²) >= 11 is 0. The minimum absolute atomic E-state index is 0.0236. The lowest BCUT2D eigenvalue weighted by atomic mass is 10.1. The smallest absolute Gasteiger partial charge is 0.224 e. The van der Waals surface area contributed by atoms with Gasteiger partial charge >= 0.3 is 0 Å². The predicted molar refractivity (Wildman–Crippen MR) is 96.3 cm³/mol. The first kappa shape index (κ1) is 16.8. The third kappa shape index (κ3) is 4.70. The van der Waals surface area contributed by atoms with E-state index >= 15 is 0 Å². The molecule has 5 nitrogen and oxygen atoms in total. The van der Waals surface area contributed by atoms with E-state index in [0.29, 0.717) is 13.0 Å². The molecule has 0 radical (unpaired) electrons. The third-order valence-corrected chi connectivity index (χ3v) is 3.95. The lowest BCUT2D eigenvalue weighted by Gasteiger charge is -2.10. The summed E-state index contributed by atoms with van der Waals surface area (Å²) in [6.07, 6.45) is 5.80. The standard InChI is InChI=1S/C20H21N3O2/c1-25-19-8-3-2-7-18(19)12-20(24)22-13-16-5-4-6-17(11-16)14-23-10-9-21-15-23/h2-11,15H,12-14H2,1H3,(H,22,24). The van der Waals surface area contributed by atoms with E-state index in [0.717, 1.165) is 23.4 Å². The van der Waals surface area contributed by atoms with Gasteiger partial charge in [-0.05, 0) is 17.2 Å². The molecule has 1 N–H and O–H groups in total. The number of benzene rings is 2. The van der Waals surface area contributed by atoms with Crippen LogP contribution in [0.3, 0.4) is 0 Å². The molecule has 25 heavy (non-hydrogen) atoms. The van der Waals surface area contributed by atoms with E-state index in [1.54, 1.807) is 19.6 Å². The fourth-order valence-electron chi connectivity index (χ4n) is 2.71. The minimum atomic E-state index is -0.0236. The summed E-state index contributed by atoms with van der Waals surface area (Å²) in [5, 5.41) is 2.97. The van der Waals surface area contributed by atoms with Crippen LogP contribution in [0.4, 0.5) is 0 Å². The van der Waals surface area contributed by atoms with Crippen molar-refractivity contribution in [2.75, 3.05) is 7.11 Å². The molecule has 1 aromatic heterocycles. The Hall–Kier alpha value is -3.08. The number of amides is 1. The van der Waals surface area contributed by atoms with Crippen molar-refractivity contribution < 1.29 is 9.53 Å². The summed E-state index contributed by atoms with van der Waals surface area (Å²) in [7, 11) is 1.61. The number of nitrogens with one attached hydrogen (secondary N) is 1. The van der Waals surface area contributed by atoms with Gasteiger partial charge in [0.15, 0.2) is 0 Å². The van der Waals surface area contributed by atoms with Gasteiger partial charge in [0.25, 0.3) is 0 Å². The van der Waals surface area contributed by atoms with Crippen molar-refractivity contribution in [2.24, 2.45) is 0 Å². The normalized spacial score (nSPS) is 10.4. The molecule has 0 spiro atoms. The van der Waals surface area contributed by atoms with E-state index in [1.165, 1.54) is 5.56 Å². The van der Waals surface area contributed by atoms with E-state index < -0.39 is 0 Å². The molecule has 0 aliphatic rings. The summed E-state index contributed by atoms with van der Waals surface area (Å²) in [6.45, 7) is 1.27. The first-order valence-corrected chi connectivity index (χ1v) is 8.17. The molecule has 0 bridgehead atoms. The fourth-order valence-corrected chi connectivity index (χ4v) is 2.71. The van der Waals surface area contributed by atoms with Crippen molar-refractivity contribution >= 4 is 5.91 Å². The monoisotopic (exact) mass is 335 g/mol. The number of aromatic nitrogens is 2. The van der Waals surface area contributed by atoms with Gasteiger partial charge in [-0.3, -0.25) is 4.79 Å². The molecular formula is C20H21N3O2. The van der Waals surface area contributed by atoms with Crippen molar-refractivity contribution in [2.45, 2.75) is 19.5 Å². The topological polar surface area (TPSA) is 56.1 Å². The molecular weight excluding hydrogens is 314 g/mol. The number of imidazole rings is 1. The molecule has 0 atom stereocenters. The number of ether oxygens (including phenoxy) is 1. The largest absolute Gasteiger partial charge is 0.496 e. The molecule has 0 fully saturated rings. The van der Waals surface area contributed by atoms with E-state index in [2.05, 4.69) is 22.4 Å². The summed E-state index contributed by atoms with van der Waals surface area (Å²) in [5.41, 5.74) is 3.14. The second-order valence-corrected chi connectivity index (χ2v) is 5.82. The van der Waals surface area contributed by atoms with Crippen molar-refractivity contribution in [3.63, 3.8) is 0 Å². The molecule has 3 aromatic rings. The Morgan fingerprint density at radius 2 is 2.00 bits per heavy atom. The van der Waals surface area contributed by atoms with Crippen LogP contribution in [0.15, 0.2) is 67.3 Å².